The van der Waals surface area contributed by atoms with E-state index in [9.17, 15) is 14.0 Å². The predicted molar refractivity (Wildman–Crippen MR) is 61.2 cm³/mol. The van der Waals surface area contributed by atoms with Crippen LogP contribution in [-0.2, 0) is 9.59 Å². The van der Waals surface area contributed by atoms with Crippen LogP contribution < -0.4 is 10.6 Å². The topological polar surface area (TPSA) is 58.2 Å². The van der Waals surface area contributed by atoms with E-state index in [2.05, 4.69) is 10.6 Å². The summed E-state index contributed by atoms with van der Waals surface area (Å²) in [5, 5.41) is 4.91. The smallest absolute Gasteiger partial charge is 0.229 e. The van der Waals surface area contributed by atoms with Gasteiger partial charge in [0.05, 0.1) is 16.6 Å². The van der Waals surface area contributed by atoms with Crippen molar-refractivity contribution in [2.75, 3.05) is 11.9 Å². The zero-order valence-electron chi connectivity index (χ0n) is 8.80. The molecule has 1 fully saturated rings. The minimum Gasteiger partial charge on any atom is -0.355 e. The van der Waals surface area contributed by atoms with Gasteiger partial charge in [0.2, 0.25) is 11.8 Å². The predicted octanol–water partition coefficient (Wildman–Crippen LogP) is 1.55. The molecule has 6 heteroatoms. The van der Waals surface area contributed by atoms with E-state index >= 15 is 0 Å². The normalized spacial score (nSPS) is 18.9. The minimum absolute atomic E-state index is 0.0295. The van der Waals surface area contributed by atoms with Crippen LogP contribution in [0, 0.1) is 11.7 Å². The average molecular weight is 257 g/mol. The van der Waals surface area contributed by atoms with Crippen LogP contribution in [0.25, 0.3) is 0 Å². The van der Waals surface area contributed by atoms with Crippen LogP contribution in [0.2, 0.25) is 5.02 Å². The van der Waals surface area contributed by atoms with E-state index in [4.69, 9.17) is 11.6 Å². The summed E-state index contributed by atoms with van der Waals surface area (Å²) in [6.07, 6.45) is 0.133. The van der Waals surface area contributed by atoms with Crippen molar-refractivity contribution in [3.63, 3.8) is 0 Å². The maximum absolute atomic E-state index is 13.5. The highest BCUT2D eigenvalue weighted by Gasteiger charge is 2.28. The van der Waals surface area contributed by atoms with Gasteiger partial charge in [-0.15, -0.1) is 0 Å². The van der Waals surface area contributed by atoms with Gasteiger partial charge in [-0.05, 0) is 12.1 Å². The molecule has 0 saturated carbocycles. The first kappa shape index (κ1) is 11.9. The van der Waals surface area contributed by atoms with Crippen molar-refractivity contribution in [2.45, 2.75) is 6.42 Å². The summed E-state index contributed by atoms with van der Waals surface area (Å²) in [4.78, 5) is 22.7. The second-order valence-electron chi connectivity index (χ2n) is 3.80. The van der Waals surface area contributed by atoms with Gasteiger partial charge in [0.15, 0.2) is 5.82 Å². The number of hydrogen-bond acceptors (Lipinski definition) is 2. The van der Waals surface area contributed by atoms with E-state index in [0.717, 1.165) is 0 Å². The molecule has 2 N–H and O–H groups in total. The van der Waals surface area contributed by atoms with Crippen LogP contribution in [0.3, 0.4) is 0 Å². The Morgan fingerprint density at radius 2 is 2.29 bits per heavy atom. The minimum atomic E-state index is -0.667. The molecule has 2 rings (SSSR count). The second kappa shape index (κ2) is 4.71. The molecule has 1 aromatic rings. The van der Waals surface area contributed by atoms with Crippen molar-refractivity contribution in [1.82, 2.24) is 5.32 Å². The Kier molecular flexibility index (Phi) is 3.28. The molecule has 1 atom stereocenters. The van der Waals surface area contributed by atoms with Crippen LogP contribution in [0.15, 0.2) is 18.2 Å². The Hall–Kier alpha value is -1.62. The quantitative estimate of drug-likeness (QED) is 0.844. The Morgan fingerprint density at radius 3 is 2.94 bits per heavy atom. The van der Waals surface area contributed by atoms with Gasteiger partial charge < -0.3 is 10.6 Å². The zero-order chi connectivity index (χ0) is 12.4. The van der Waals surface area contributed by atoms with Crippen LogP contribution in [-0.4, -0.2) is 18.4 Å². The summed E-state index contributed by atoms with van der Waals surface area (Å²) in [5.74, 6) is -1.68. The number of benzene rings is 1. The lowest BCUT2D eigenvalue weighted by atomic mass is 10.1. The van der Waals surface area contributed by atoms with Gasteiger partial charge >= 0.3 is 0 Å². The molecule has 1 aliphatic heterocycles. The van der Waals surface area contributed by atoms with Crippen molar-refractivity contribution < 1.29 is 14.0 Å². The Balaban J connectivity index is 2.08. The zero-order valence-corrected chi connectivity index (χ0v) is 9.55. The molecule has 0 radical (unpaired) electrons. The monoisotopic (exact) mass is 256 g/mol. The summed E-state index contributed by atoms with van der Waals surface area (Å²) >= 11 is 5.59. The summed E-state index contributed by atoms with van der Waals surface area (Å²) in [6.45, 7) is 0.285. The second-order valence-corrected chi connectivity index (χ2v) is 4.20. The Labute approximate surface area is 102 Å². The van der Waals surface area contributed by atoms with Crippen molar-refractivity contribution in [1.29, 1.82) is 0 Å². The van der Waals surface area contributed by atoms with Gasteiger partial charge in [0.1, 0.15) is 0 Å². The molecule has 0 aromatic heterocycles. The molecule has 0 bridgehead atoms. The first-order valence-corrected chi connectivity index (χ1v) is 5.47. The molecule has 1 aliphatic rings. The number of nitrogens with one attached hydrogen (secondary N) is 2. The van der Waals surface area contributed by atoms with Gasteiger partial charge in [-0.1, -0.05) is 17.7 Å². The maximum atomic E-state index is 13.5. The third-order valence-corrected chi connectivity index (χ3v) is 2.85. The van der Waals surface area contributed by atoms with Gasteiger partial charge in [0.25, 0.3) is 0 Å². The number of anilines is 1. The molecule has 1 aromatic carbocycles. The van der Waals surface area contributed by atoms with Crippen LogP contribution in [0.5, 0.6) is 0 Å². The largest absolute Gasteiger partial charge is 0.355 e. The first-order valence-electron chi connectivity index (χ1n) is 5.09. The fourth-order valence-corrected chi connectivity index (χ4v) is 1.80. The van der Waals surface area contributed by atoms with Crippen molar-refractivity contribution in [3.8, 4) is 0 Å². The molecule has 4 nitrogen and oxygen atoms in total. The van der Waals surface area contributed by atoms with Crippen molar-refractivity contribution in [3.05, 3.63) is 29.0 Å². The Morgan fingerprint density at radius 1 is 1.53 bits per heavy atom. The van der Waals surface area contributed by atoms with E-state index < -0.39 is 11.7 Å². The first-order chi connectivity index (χ1) is 8.08. The fourth-order valence-electron chi connectivity index (χ4n) is 1.63. The number of hydrogen-bond donors (Lipinski definition) is 2. The lowest BCUT2D eigenvalue weighted by molar-refractivity contribution is -0.123. The summed E-state index contributed by atoms with van der Waals surface area (Å²) in [5.41, 5.74) is 0.0295. The van der Waals surface area contributed by atoms with E-state index in [0.29, 0.717) is 0 Å². The third kappa shape index (κ3) is 2.55. The number of halogens is 2. The van der Waals surface area contributed by atoms with Gasteiger partial charge in [0, 0.05) is 13.0 Å². The molecule has 90 valence electrons. The van der Waals surface area contributed by atoms with Crippen LogP contribution in [0.1, 0.15) is 6.42 Å². The number of amides is 2. The van der Waals surface area contributed by atoms with E-state index in [1.807, 2.05) is 0 Å². The SMILES string of the molecule is O=C1CC(C(=O)Nc2cccc(Cl)c2F)CN1. The molecule has 17 heavy (non-hydrogen) atoms. The van der Waals surface area contributed by atoms with Crippen LogP contribution in [0.4, 0.5) is 10.1 Å². The molecular weight excluding hydrogens is 247 g/mol. The molecule has 2 amide bonds. The molecule has 1 saturated heterocycles. The molecule has 0 aliphatic carbocycles. The lowest BCUT2D eigenvalue weighted by Gasteiger charge is -2.10. The van der Waals surface area contributed by atoms with Gasteiger partial charge in [-0.2, -0.15) is 0 Å². The van der Waals surface area contributed by atoms with Crippen LogP contribution >= 0.6 is 11.6 Å². The molecular formula is C11H10ClFN2O2. The Bertz CT molecular complexity index is 479. The molecule has 1 heterocycles. The standard InChI is InChI=1S/C11H10ClFN2O2/c12-7-2-1-3-8(10(7)13)15-11(17)6-4-9(16)14-5-6/h1-3,6H,4-5H2,(H,14,16)(H,15,17). The van der Waals surface area contributed by atoms with E-state index in [-0.39, 0.29) is 35.5 Å². The highest BCUT2D eigenvalue weighted by atomic mass is 35.5. The maximum Gasteiger partial charge on any atom is 0.229 e. The highest BCUT2D eigenvalue weighted by molar-refractivity contribution is 6.31. The fraction of sp³-hybridized carbons (Fsp3) is 0.273. The highest BCUT2D eigenvalue weighted by Crippen LogP contribution is 2.23. The number of rotatable bonds is 2. The van der Waals surface area contributed by atoms with Crippen molar-refractivity contribution in [2.24, 2.45) is 5.92 Å². The van der Waals surface area contributed by atoms with E-state index in [1.165, 1.54) is 12.1 Å². The summed E-state index contributed by atoms with van der Waals surface area (Å²) in [6, 6.07) is 4.36. The third-order valence-electron chi connectivity index (χ3n) is 2.56. The average Bonchev–Trinajstić information content (AvgIpc) is 2.72. The summed E-state index contributed by atoms with van der Waals surface area (Å²) in [7, 11) is 0. The lowest BCUT2D eigenvalue weighted by Crippen LogP contribution is -2.25. The number of carbonyl (C=O) groups excluding carboxylic acids is 2. The molecule has 0 spiro atoms. The van der Waals surface area contributed by atoms with E-state index in [1.54, 1.807) is 6.07 Å². The van der Waals surface area contributed by atoms with Crippen molar-refractivity contribution >= 4 is 29.1 Å². The van der Waals surface area contributed by atoms with Gasteiger partial charge in [-0.3, -0.25) is 9.59 Å². The summed E-state index contributed by atoms with van der Waals surface area (Å²) < 4.78 is 13.5. The number of carbonyl (C=O) groups is 2. The molecule has 1 unspecified atom stereocenters. The van der Waals surface area contributed by atoms with Gasteiger partial charge in [-0.25, -0.2) is 4.39 Å².